The van der Waals surface area contributed by atoms with Gasteiger partial charge in [0, 0.05) is 69.0 Å². The second-order valence-electron chi connectivity index (χ2n) is 20.6. The first kappa shape index (κ1) is 43.3. The molecule has 0 bridgehead atoms. The molecule has 0 aromatic carbocycles. The van der Waals surface area contributed by atoms with Crippen LogP contribution in [0.15, 0.2) is 0 Å². The summed E-state index contributed by atoms with van der Waals surface area (Å²) in [6.45, 7) is 19.9. The van der Waals surface area contributed by atoms with E-state index in [9.17, 15) is 27.6 Å². The molecule has 1 heterocycles. The Balaban J connectivity index is 1.35. The summed E-state index contributed by atoms with van der Waals surface area (Å²) in [5.74, 6) is -3.36. The van der Waals surface area contributed by atoms with Gasteiger partial charge in [-0.1, -0.05) is 75.2 Å². The molecule has 0 aromatic rings. The van der Waals surface area contributed by atoms with Crippen molar-refractivity contribution >= 4 is 39.1 Å². The first-order valence-electron chi connectivity index (χ1n) is 21.0. The summed E-state index contributed by atoms with van der Waals surface area (Å²) in [7, 11) is -3.74. The number of ketones is 5. The van der Waals surface area contributed by atoms with Crippen LogP contribution >= 0.6 is 0 Å². The van der Waals surface area contributed by atoms with Gasteiger partial charge in [-0.2, -0.15) is 12.7 Å². The number of morpholine rings is 1. The maximum atomic E-state index is 15.1. The fraction of sp³-hybridized carbons (Fsp3) is 0.884. The molecule has 2 unspecified atom stereocenters. The monoisotopic (exact) mass is 774 g/mol. The summed E-state index contributed by atoms with van der Waals surface area (Å²) in [5.41, 5.74) is -0.970. The lowest BCUT2D eigenvalue weighted by molar-refractivity contribution is -0.142. The number of rotatable bonds is 19. The van der Waals surface area contributed by atoms with Gasteiger partial charge >= 0.3 is 0 Å². The Morgan fingerprint density at radius 1 is 0.852 bits per heavy atom. The highest BCUT2D eigenvalue weighted by Gasteiger charge is 2.85. The van der Waals surface area contributed by atoms with Crippen LogP contribution in [0.4, 0.5) is 0 Å². The van der Waals surface area contributed by atoms with Crippen LogP contribution in [0.1, 0.15) is 146 Å². The van der Waals surface area contributed by atoms with Crippen molar-refractivity contribution in [2.75, 3.05) is 32.8 Å². The molecule has 1 saturated heterocycles. The molecule has 306 valence electrons. The average molecular weight is 775 g/mol. The summed E-state index contributed by atoms with van der Waals surface area (Å²) in [6.07, 6.45) is 8.11. The highest BCUT2D eigenvalue weighted by Crippen LogP contribution is 2.90. The number of ether oxygens (including phenoxy) is 1. The molecule has 4 saturated carbocycles. The first-order valence-corrected chi connectivity index (χ1v) is 22.4. The topological polar surface area (TPSA) is 144 Å². The highest BCUT2D eigenvalue weighted by molar-refractivity contribution is 7.87. The molecule has 11 heteroatoms. The van der Waals surface area contributed by atoms with Gasteiger partial charge in [0.25, 0.3) is 10.2 Å². The van der Waals surface area contributed by atoms with Crippen LogP contribution < -0.4 is 4.72 Å². The molecule has 4 aliphatic carbocycles. The van der Waals surface area contributed by atoms with Gasteiger partial charge in [-0.15, -0.1) is 0 Å². The van der Waals surface area contributed by atoms with Crippen LogP contribution in [0.5, 0.6) is 0 Å². The van der Waals surface area contributed by atoms with Gasteiger partial charge in [-0.25, -0.2) is 4.72 Å². The predicted molar refractivity (Wildman–Crippen MR) is 209 cm³/mol. The number of hydrogen-bond donors (Lipinski definition) is 1. The van der Waals surface area contributed by atoms with E-state index in [-0.39, 0.29) is 96.0 Å². The van der Waals surface area contributed by atoms with Crippen molar-refractivity contribution in [3.63, 3.8) is 0 Å². The number of carbonyl (C=O) groups excluding carboxylic acids is 5. The molecular weight excluding hydrogens is 705 g/mol. The lowest BCUT2D eigenvalue weighted by atomic mass is 9.68. The zero-order chi connectivity index (χ0) is 40.1. The zero-order valence-electron chi connectivity index (χ0n) is 34.8. The Kier molecular flexibility index (Phi) is 12.7. The second-order valence-corrected chi connectivity index (χ2v) is 22.3. The zero-order valence-corrected chi connectivity index (χ0v) is 35.6. The summed E-state index contributed by atoms with van der Waals surface area (Å²) >= 11 is 0. The van der Waals surface area contributed by atoms with Crippen LogP contribution in [0.25, 0.3) is 0 Å². The van der Waals surface area contributed by atoms with Crippen LogP contribution in [0.3, 0.4) is 0 Å². The van der Waals surface area contributed by atoms with E-state index in [2.05, 4.69) is 18.6 Å². The maximum Gasteiger partial charge on any atom is 0.279 e. The van der Waals surface area contributed by atoms with Crippen molar-refractivity contribution in [1.82, 2.24) is 9.03 Å². The van der Waals surface area contributed by atoms with Gasteiger partial charge in [-0.05, 0) is 83.9 Å². The van der Waals surface area contributed by atoms with Crippen molar-refractivity contribution in [3.8, 4) is 0 Å². The van der Waals surface area contributed by atoms with Crippen LogP contribution in [0, 0.1) is 62.6 Å². The van der Waals surface area contributed by atoms with Gasteiger partial charge in [0.05, 0.1) is 13.2 Å². The van der Waals surface area contributed by atoms with E-state index in [1.165, 1.54) is 4.31 Å². The van der Waals surface area contributed by atoms with E-state index < -0.39 is 45.1 Å². The number of Topliss-reactive ketones (excluding diaryl/α,β-unsaturated/α-hetero) is 5. The Hall–Kier alpha value is -1.82. The molecule has 0 amide bonds. The third-order valence-corrected chi connectivity index (χ3v) is 16.7. The molecule has 2 spiro atoms. The van der Waals surface area contributed by atoms with E-state index in [1.807, 2.05) is 48.5 Å². The lowest BCUT2D eigenvalue weighted by Gasteiger charge is -2.35. The van der Waals surface area contributed by atoms with Gasteiger partial charge in [-0.3, -0.25) is 24.0 Å². The van der Waals surface area contributed by atoms with Crippen LogP contribution in [-0.4, -0.2) is 74.5 Å². The minimum Gasteiger partial charge on any atom is -0.379 e. The maximum absolute atomic E-state index is 15.1. The first-order chi connectivity index (χ1) is 25.0. The van der Waals surface area contributed by atoms with E-state index in [4.69, 9.17) is 4.74 Å². The van der Waals surface area contributed by atoms with Crippen molar-refractivity contribution in [1.29, 1.82) is 0 Å². The number of nitrogens with one attached hydrogen (secondary N) is 1. The van der Waals surface area contributed by atoms with Crippen molar-refractivity contribution in [3.05, 3.63) is 0 Å². The van der Waals surface area contributed by atoms with E-state index >= 15 is 4.79 Å². The number of nitrogens with zero attached hydrogens (tertiary/aromatic N) is 1. The quantitative estimate of drug-likeness (QED) is 0.139. The molecule has 1 N–H and O–H groups in total. The summed E-state index contributed by atoms with van der Waals surface area (Å²) < 4.78 is 35.6. The molecule has 5 aliphatic rings. The molecule has 5 fully saturated rings. The molecule has 10 nitrogen and oxygen atoms in total. The number of fused-ring (bicyclic) bond motifs is 1. The minimum absolute atomic E-state index is 0.00618. The third kappa shape index (κ3) is 8.54. The predicted octanol–water partition coefficient (Wildman–Crippen LogP) is 6.93. The Labute approximate surface area is 325 Å². The SMILES string of the molecule is CCCC(CC(=O)[C@@H]1C[C@@]2(CC1C(=O)[C@@H](CC(=O)C[C@@H](CNS(=O)(=O)N1CCOCC1)C(C)(C)C)C(C)(C)C)C(C)(C)C21CCC1)C(=O)C(=O)CC1CC1. The number of carbonyl (C=O) groups is 5. The fourth-order valence-corrected chi connectivity index (χ4v) is 12.2. The molecule has 0 radical (unpaired) electrons. The summed E-state index contributed by atoms with van der Waals surface area (Å²) in [5, 5.41) is 0. The molecule has 6 atom stereocenters. The van der Waals surface area contributed by atoms with Crippen LogP contribution in [0.2, 0.25) is 0 Å². The summed E-state index contributed by atoms with van der Waals surface area (Å²) in [6, 6.07) is 0. The minimum atomic E-state index is -3.74. The Bertz CT molecular complexity index is 1560. The number of hydrogen-bond acceptors (Lipinski definition) is 8. The molecule has 54 heavy (non-hydrogen) atoms. The van der Waals surface area contributed by atoms with Crippen molar-refractivity contribution in [2.24, 2.45) is 62.6 Å². The van der Waals surface area contributed by atoms with Gasteiger partial charge < -0.3 is 4.74 Å². The normalized spacial score (nSPS) is 28.3. The third-order valence-electron chi connectivity index (χ3n) is 15.1. The second kappa shape index (κ2) is 15.8. The Morgan fingerprint density at radius 2 is 1.46 bits per heavy atom. The summed E-state index contributed by atoms with van der Waals surface area (Å²) in [4.78, 5) is 70.0. The molecule has 1 aliphatic heterocycles. The van der Waals surface area contributed by atoms with E-state index in [0.29, 0.717) is 44.8 Å². The van der Waals surface area contributed by atoms with Crippen molar-refractivity contribution in [2.45, 2.75) is 146 Å². The lowest BCUT2D eigenvalue weighted by Crippen LogP contribution is -2.48. The molecule has 5 rings (SSSR count). The van der Waals surface area contributed by atoms with Gasteiger partial charge in [0.15, 0.2) is 5.78 Å². The molecular formula is C43H70N2O8S. The van der Waals surface area contributed by atoms with Crippen molar-refractivity contribution < 1.29 is 37.1 Å². The average Bonchev–Trinajstić information content (AvgIpc) is 3.89. The largest absolute Gasteiger partial charge is 0.379 e. The molecule has 0 aromatic heterocycles. The smallest absolute Gasteiger partial charge is 0.279 e. The Morgan fingerprint density at radius 3 is 1.96 bits per heavy atom. The van der Waals surface area contributed by atoms with E-state index in [0.717, 1.165) is 32.1 Å². The fourth-order valence-electron chi connectivity index (χ4n) is 11.0. The van der Waals surface area contributed by atoms with Gasteiger partial charge in [0.1, 0.15) is 17.3 Å². The van der Waals surface area contributed by atoms with E-state index in [1.54, 1.807) is 0 Å². The van der Waals surface area contributed by atoms with Crippen LogP contribution in [-0.2, 0) is 38.9 Å². The van der Waals surface area contributed by atoms with Gasteiger partial charge in [0.2, 0.25) is 5.78 Å². The highest BCUT2D eigenvalue weighted by atomic mass is 32.2. The standard InChI is InChI=1S/C43H70N2O8S/c1-10-12-29(37(49)36(48)21-28-13-14-28)22-35(47)32-25-43(41(8,9)42(43)15-11-16-42)26-33(32)38(50)34(40(5,6)7)24-31(46)23-30(39(2,3)4)27-44-54(51,52)45-17-19-53-20-18-45/h28-30,32-34,44H,10-27H2,1-9H3/t29?,30-,32+,33?,34+,43+/m0/s1.